The molecule has 0 aromatic rings. The summed E-state index contributed by atoms with van der Waals surface area (Å²) < 4.78 is 0. The fourth-order valence-electron chi connectivity index (χ4n) is 0.759. The Hall–Kier alpha value is -0.380. The van der Waals surface area contributed by atoms with E-state index in [9.17, 15) is 0 Å². The molecule has 0 aliphatic heterocycles. The van der Waals surface area contributed by atoms with Crippen LogP contribution in [0, 0.1) is 0 Å². The molecule has 0 aromatic carbocycles. The standard InChI is InChI=1S/C8H19N3/c1-4-5-6-7-8-11(9-2)10-3/h6-7,9-10H,4-5,8H2,1-3H3. The molecule has 0 radical (unpaired) electrons. The van der Waals surface area contributed by atoms with Crippen LogP contribution in [0.2, 0.25) is 0 Å². The molecule has 0 saturated carbocycles. The molecule has 0 aliphatic carbocycles. The van der Waals surface area contributed by atoms with E-state index < -0.39 is 0 Å². The lowest BCUT2D eigenvalue weighted by Crippen LogP contribution is -2.44. The SMILES string of the molecule is CCCC=CCN(NC)NC. The van der Waals surface area contributed by atoms with Crippen LogP contribution in [-0.2, 0) is 0 Å². The maximum atomic E-state index is 3.00. The van der Waals surface area contributed by atoms with Gasteiger partial charge in [-0.3, -0.25) is 0 Å². The van der Waals surface area contributed by atoms with Gasteiger partial charge in [0.15, 0.2) is 0 Å². The van der Waals surface area contributed by atoms with Crippen molar-refractivity contribution in [3.8, 4) is 0 Å². The maximum absolute atomic E-state index is 3.00. The Labute approximate surface area is 69.4 Å². The van der Waals surface area contributed by atoms with Crippen molar-refractivity contribution >= 4 is 0 Å². The van der Waals surface area contributed by atoms with Gasteiger partial charge in [0.1, 0.15) is 0 Å². The molecule has 0 atom stereocenters. The lowest BCUT2D eigenvalue weighted by atomic mass is 10.3. The molecule has 66 valence electrons. The van der Waals surface area contributed by atoms with Crippen LogP contribution in [-0.4, -0.2) is 25.8 Å². The zero-order valence-corrected chi connectivity index (χ0v) is 7.72. The summed E-state index contributed by atoms with van der Waals surface area (Å²) in [5.74, 6) is 0. The van der Waals surface area contributed by atoms with Crippen molar-refractivity contribution in [2.75, 3.05) is 20.6 Å². The van der Waals surface area contributed by atoms with E-state index in [0.29, 0.717) is 0 Å². The third-order valence-corrected chi connectivity index (χ3v) is 1.45. The van der Waals surface area contributed by atoms with E-state index in [4.69, 9.17) is 0 Å². The molecule has 0 bridgehead atoms. The molecule has 0 rings (SSSR count). The highest BCUT2D eigenvalue weighted by molar-refractivity contribution is 4.82. The zero-order valence-electron chi connectivity index (χ0n) is 7.72. The van der Waals surface area contributed by atoms with E-state index >= 15 is 0 Å². The highest BCUT2D eigenvalue weighted by atomic mass is 15.7. The second kappa shape index (κ2) is 7.72. The normalized spacial score (nSPS) is 11.6. The lowest BCUT2D eigenvalue weighted by molar-refractivity contribution is 0.166. The molecular weight excluding hydrogens is 138 g/mol. The highest BCUT2D eigenvalue weighted by Crippen LogP contribution is 1.87. The molecule has 0 saturated heterocycles. The summed E-state index contributed by atoms with van der Waals surface area (Å²) in [6.45, 7) is 3.07. The highest BCUT2D eigenvalue weighted by Gasteiger charge is 1.90. The van der Waals surface area contributed by atoms with Gasteiger partial charge in [0.05, 0.1) is 0 Å². The first kappa shape index (κ1) is 10.6. The number of rotatable bonds is 6. The van der Waals surface area contributed by atoms with Crippen LogP contribution in [0.3, 0.4) is 0 Å². The Balaban J connectivity index is 3.33. The number of hydrogen-bond donors (Lipinski definition) is 2. The number of nitrogens with one attached hydrogen (secondary N) is 2. The molecule has 0 aliphatic rings. The van der Waals surface area contributed by atoms with Crippen LogP contribution in [0.4, 0.5) is 0 Å². The average Bonchev–Trinajstić information content (AvgIpc) is 2.05. The Kier molecular flexibility index (Phi) is 7.46. The van der Waals surface area contributed by atoms with Gasteiger partial charge in [-0.2, -0.15) is 5.12 Å². The van der Waals surface area contributed by atoms with Crippen molar-refractivity contribution in [1.82, 2.24) is 16.0 Å². The molecule has 0 amide bonds. The van der Waals surface area contributed by atoms with Crippen LogP contribution >= 0.6 is 0 Å². The second-order valence-electron chi connectivity index (χ2n) is 2.32. The van der Waals surface area contributed by atoms with Crippen LogP contribution in [0.1, 0.15) is 19.8 Å². The first-order chi connectivity index (χ1) is 5.35. The van der Waals surface area contributed by atoms with Crippen molar-refractivity contribution in [2.45, 2.75) is 19.8 Å². The number of hydrazine groups is 2. The minimum atomic E-state index is 0.896. The Morgan fingerprint density at radius 2 is 1.82 bits per heavy atom. The zero-order chi connectivity index (χ0) is 8.53. The first-order valence-corrected chi connectivity index (χ1v) is 4.12. The molecule has 0 aromatic heterocycles. The van der Waals surface area contributed by atoms with Crippen LogP contribution in [0.25, 0.3) is 0 Å². The van der Waals surface area contributed by atoms with E-state index in [-0.39, 0.29) is 0 Å². The van der Waals surface area contributed by atoms with E-state index in [1.54, 1.807) is 0 Å². The fourth-order valence-corrected chi connectivity index (χ4v) is 0.759. The minimum absolute atomic E-state index is 0.896. The number of hydrogen-bond acceptors (Lipinski definition) is 3. The summed E-state index contributed by atoms with van der Waals surface area (Å²) in [5, 5.41) is 1.91. The quantitative estimate of drug-likeness (QED) is 0.443. The molecule has 3 heteroatoms. The lowest BCUT2D eigenvalue weighted by Gasteiger charge is -2.16. The van der Waals surface area contributed by atoms with Crippen molar-refractivity contribution in [3.05, 3.63) is 12.2 Å². The van der Waals surface area contributed by atoms with E-state index in [0.717, 1.165) is 6.54 Å². The predicted octanol–water partition coefficient (Wildman–Crippen LogP) is 0.913. The molecule has 3 nitrogen and oxygen atoms in total. The van der Waals surface area contributed by atoms with E-state index in [1.807, 2.05) is 19.2 Å². The third kappa shape index (κ3) is 6.04. The second-order valence-corrected chi connectivity index (χ2v) is 2.32. The van der Waals surface area contributed by atoms with Crippen LogP contribution < -0.4 is 10.9 Å². The maximum Gasteiger partial charge on any atom is 0.0468 e. The Morgan fingerprint density at radius 3 is 2.27 bits per heavy atom. The molecule has 2 N–H and O–H groups in total. The molecule has 0 heterocycles. The van der Waals surface area contributed by atoms with Gasteiger partial charge in [-0.1, -0.05) is 25.5 Å². The van der Waals surface area contributed by atoms with Crippen molar-refractivity contribution in [3.63, 3.8) is 0 Å². The van der Waals surface area contributed by atoms with E-state index in [1.165, 1.54) is 12.8 Å². The summed E-state index contributed by atoms with van der Waals surface area (Å²) in [6, 6.07) is 0. The van der Waals surface area contributed by atoms with Crippen molar-refractivity contribution in [1.29, 1.82) is 0 Å². The third-order valence-electron chi connectivity index (χ3n) is 1.45. The molecule has 11 heavy (non-hydrogen) atoms. The largest absolute Gasteiger partial charge is 0.244 e. The summed E-state index contributed by atoms with van der Waals surface area (Å²) >= 11 is 0. The molecular formula is C8H19N3. The van der Waals surface area contributed by atoms with Crippen molar-refractivity contribution < 1.29 is 0 Å². The van der Waals surface area contributed by atoms with Gasteiger partial charge in [0.25, 0.3) is 0 Å². The van der Waals surface area contributed by atoms with E-state index in [2.05, 4.69) is 29.9 Å². The van der Waals surface area contributed by atoms with Gasteiger partial charge in [0, 0.05) is 20.6 Å². The fraction of sp³-hybridized carbons (Fsp3) is 0.750. The van der Waals surface area contributed by atoms with Crippen LogP contribution in [0.5, 0.6) is 0 Å². The smallest absolute Gasteiger partial charge is 0.0468 e. The van der Waals surface area contributed by atoms with Gasteiger partial charge in [0.2, 0.25) is 0 Å². The number of allylic oxidation sites excluding steroid dienone is 1. The predicted molar refractivity (Wildman–Crippen MR) is 48.9 cm³/mol. The average molecular weight is 157 g/mol. The summed E-state index contributed by atoms with van der Waals surface area (Å²) in [4.78, 5) is 0. The van der Waals surface area contributed by atoms with Gasteiger partial charge in [-0.05, 0) is 6.42 Å². The topological polar surface area (TPSA) is 27.3 Å². The molecule has 0 unspecified atom stereocenters. The monoisotopic (exact) mass is 157 g/mol. The molecule has 0 fully saturated rings. The van der Waals surface area contributed by atoms with Crippen molar-refractivity contribution in [2.24, 2.45) is 0 Å². The number of nitrogens with zero attached hydrogens (tertiary/aromatic N) is 1. The minimum Gasteiger partial charge on any atom is -0.244 e. The van der Waals surface area contributed by atoms with Gasteiger partial charge >= 0.3 is 0 Å². The summed E-state index contributed by atoms with van der Waals surface area (Å²) in [5.41, 5.74) is 6.00. The number of unbranched alkanes of at least 4 members (excludes halogenated alkanes) is 1. The summed E-state index contributed by atoms with van der Waals surface area (Å²) in [7, 11) is 3.79. The Bertz CT molecular complexity index is 97.5. The van der Waals surface area contributed by atoms with Crippen LogP contribution in [0.15, 0.2) is 12.2 Å². The summed E-state index contributed by atoms with van der Waals surface area (Å²) in [6.07, 6.45) is 6.73. The van der Waals surface area contributed by atoms with Gasteiger partial charge in [-0.15, -0.1) is 0 Å². The van der Waals surface area contributed by atoms with Gasteiger partial charge in [-0.25, -0.2) is 10.9 Å². The van der Waals surface area contributed by atoms with Gasteiger partial charge < -0.3 is 0 Å². The first-order valence-electron chi connectivity index (χ1n) is 4.12. The molecule has 0 spiro atoms. The Morgan fingerprint density at radius 1 is 1.18 bits per heavy atom.